The maximum absolute atomic E-state index is 12.4. The Morgan fingerprint density at radius 2 is 1.70 bits per heavy atom. The van der Waals surface area contributed by atoms with E-state index in [1.807, 2.05) is 37.3 Å². The molecular weight excluding hydrogens is 360 g/mol. The van der Waals surface area contributed by atoms with Gasteiger partial charge in [0.15, 0.2) is 0 Å². The molecule has 6 heteroatoms. The van der Waals surface area contributed by atoms with Gasteiger partial charge in [-0.1, -0.05) is 45.0 Å². The molecule has 1 N–H and O–H groups in total. The molecular formula is C21H28N2O3S. The molecule has 0 unspecified atom stereocenters. The molecule has 0 bridgehead atoms. The van der Waals surface area contributed by atoms with Crippen LogP contribution in [0.3, 0.4) is 0 Å². The first-order chi connectivity index (χ1) is 12.5. The molecule has 0 heterocycles. The maximum Gasteiger partial charge on any atom is 0.240 e. The molecule has 0 aliphatic rings. The highest BCUT2D eigenvalue weighted by molar-refractivity contribution is 7.89. The summed E-state index contributed by atoms with van der Waals surface area (Å²) in [6.07, 6.45) is 0. The van der Waals surface area contributed by atoms with E-state index in [4.69, 9.17) is 0 Å². The molecule has 2 aromatic rings. The molecule has 0 radical (unpaired) electrons. The Hall–Kier alpha value is -2.18. The molecule has 0 aliphatic heterocycles. The molecule has 0 aromatic heterocycles. The molecule has 0 fully saturated rings. The van der Waals surface area contributed by atoms with Gasteiger partial charge in [0.1, 0.15) is 0 Å². The van der Waals surface area contributed by atoms with Crippen molar-refractivity contribution in [3.05, 3.63) is 59.7 Å². The monoisotopic (exact) mass is 388 g/mol. The van der Waals surface area contributed by atoms with E-state index in [0.717, 1.165) is 11.3 Å². The van der Waals surface area contributed by atoms with Crippen LogP contribution in [0.1, 0.15) is 38.8 Å². The summed E-state index contributed by atoms with van der Waals surface area (Å²) in [6.45, 7) is 10.1. The number of nitrogens with zero attached hydrogens (tertiary/aromatic N) is 1. The number of aryl methyl sites for hydroxylation is 1. The lowest BCUT2D eigenvalue weighted by molar-refractivity contribution is -0.116. The Morgan fingerprint density at radius 1 is 1.07 bits per heavy atom. The largest absolute Gasteiger partial charge is 0.311 e. The van der Waals surface area contributed by atoms with Gasteiger partial charge in [0.05, 0.1) is 4.90 Å². The van der Waals surface area contributed by atoms with Gasteiger partial charge in [0.2, 0.25) is 15.9 Å². The predicted molar refractivity (Wildman–Crippen MR) is 110 cm³/mol. The highest BCUT2D eigenvalue weighted by atomic mass is 32.2. The fourth-order valence-electron chi connectivity index (χ4n) is 2.77. The average Bonchev–Trinajstić information content (AvgIpc) is 2.58. The number of anilines is 1. The second-order valence-corrected chi connectivity index (χ2v) is 9.45. The summed E-state index contributed by atoms with van der Waals surface area (Å²) < 4.78 is 27.4. The van der Waals surface area contributed by atoms with Gasteiger partial charge in [-0.3, -0.25) is 4.79 Å². The number of carbonyl (C=O) groups excluding carboxylic acids is 1. The van der Waals surface area contributed by atoms with Crippen LogP contribution in [-0.2, 0) is 20.2 Å². The molecule has 0 saturated carbocycles. The molecule has 0 spiro atoms. The second-order valence-electron chi connectivity index (χ2n) is 7.68. The minimum atomic E-state index is -3.60. The first-order valence-corrected chi connectivity index (χ1v) is 10.4. The predicted octanol–water partition coefficient (Wildman–Crippen LogP) is 3.62. The fraction of sp³-hybridized carbons (Fsp3) is 0.381. The Balaban J connectivity index is 2.08. The summed E-state index contributed by atoms with van der Waals surface area (Å²) in [5.74, 6) is -0.131. The number of hydrogen-bond acceptors (Lipinski definition) is 3. The number of rotatable bonds is 6. The Morgan fingerprint density at radius 3 is 2.22 bits per heavy atom. The third kappa shape index (κ3) is 5.65. The van der Waals surface area contributed by atoms with Gasteiger partial charge in [-0.2, -0.15) is 0 Å². The van der Waals surface area contributed by atoms with Crippen molar-refractivity contribution in [1.29, 1.82) is 0 Å². The van der Waals surface area contributed by atoms with Crippen LogP contribution < -0.4 is 9.62 Å². The zero-order chi connectivity index (χ0) is 20.2. The standard InChI is InChI=1S/C21H28N2O3S/c1-16-7-6-8-20(15-16)27(25,26)22-13-14-23(17(2)24)19-11-9-18(10-12-19)21(3,4)5/h6-12,15,22H,13-14H2,1-5H3. The first-order valence-electron chi connectivity index (χ1n) is 8.96. The normalized spacial score (nSPS) is 12.0. The van der Waals surface area contributed by atoms with Crippen molar-refractivity contribution in [2.45, 2.75) is 44.9 Å². The molecule has 1 amide bonds. The molecule has 146 valence electrons. The Labute approximate surface area is 162 Å². The van der Waals surface area contributed by atoms with Crippen molar-refractivity contribution < 1.29 is 13.2 Å². The van der Waals surface area contributed by atoms with Crippen LogP contribution in [0.25, 0.3) is 0 Å². The topological polar surface area (TPSA) is 66.5 Å². The van der Waals surface area contributed by atoms with Crippen LogP contribution in [0.15, 0.2) is 53.4 Å². The van der Waals surface area contributed by atoms with Crippen molar-refractivity contribution in [2.24, 2.45) is 0 Å². The van der Waals surface area contributed by atoms with Gasteiger partial charge < -0.3 is 4.90 Å². The Bertz CT molecular complexity index is 898. The molecule has 2 aromatic carbocycles. The van der Waals surface area contributed by atoms with E-state index in [1.165, 1.54) is 12.5 Å². The lowest BCUT2D eigenvalue weighted by Crippen LogP contribution is -2.37. The van der Waals surface area contributed by atoms with Gasteiger partial charge in [-0.25, -0.2) is 13.1 Å². The van der Waals surface area contributed by atoms with Crippen LogP contribution in [-0.4, -0.2) is 27.4 Å². The number of sulfonamides is 1. The van der Waals surface area contributed by atoms with E-state index in [9.17, 15) is 13.2 Å². The van der Waals surface area contributed by atoms with E-state index in [-0.39, 0.29) is 29.3 Å². The lowest BCUT2D eigenvalue weighted by atomic mass is 9.87. The van der Waals surface area contributed by atoms with E-state index in [0.29, 0.717) is 0 Å². The van der Waals surface area contributed by atoms with E-state index in [1.54, 1.807) is 23.1 Å². The van der Waals surface area contributed by atoms with Crippen molar-refractivity contribution in [1.82, 2.24) is 4.72 Å². The molecule has 0 atom stereocenters. The van der Waals surface area contributed by atoms with Crippen LogP contribution >= 0.6 is 0 Å². The van der Waals surface area contributed by atoms with Crippen LogP contribution in [0.5, 0.6) is 0 Å². The lowest BCUT2D eigenvalue weighted by Gasteiger charge is -2.24. The summed E-state index contributed by atoms with van der Waals surface area (Å²) >= 11 is 0. The molecule has 27 heavy (non-hydrogen) atoms. The summed E-state index contributed by atoms with van der Waals surface area (Å²) in [5, 5.41) is 0. The zero-order valence-corrected chi connectivity index (χ0v) is 17.4. The van der Waals surface area contributed by atoms with Crippen molar-refractivity contribution in [3.63, 3.8) is 0 Å². The summed E-state index contributed by atoms with van der Waals surface area (Å²) in [5.41, 5.74) is 2.84. The van der Waals surface area contributed by atoms with Crippen molar-refractivity contribution in [3.8, 4) is 0 Å². The minimum Gasteiger partial charge on any atom is -0.311 e. The van der Waals surface area contributed by atoms with Gasteiger partial charge in [0.25, 0.3) is 0 Å². The summed E-state index contributed by atoms with van der Waals surface area (Å²) in [4.78, 5) is 13.8. The fourth-order valence-corrected chi connectivity index (χ4v) is 3.89. The minimum absolute atomic E-state index is 0.0308. The highest BCUT2D eigenvalue weighted by Crippen LogP contribution is 2.25. The summed E-state index contributed by atoms with van der Waals surface area (Å²) in [7, 11) is -3.60. The van der Waals surface area contributed by atoms with E-state index in [2.05, 4.69) is 25.5 Å². The van der Waals surface area contributed by atoms with Gasteiger partial charge >= 0.3 is 0 Å². The number of hydrogen-bond donors (Lipinski definition) is 1. The molecule has 0 aliphatic carbocycles. The number of amides is 1. The van der Waals surface area contributed by atoms with Crippen LogP contribution in [0, 0.1) is 6.92 Å². The second kappa shape index (κ2) is 8.23. The van der Waals surface area contributed by atoms with Gasteiger partial charge in [-0.15, -0.1) is 0 Å². The first kappa shape index (κ1) is 21.1. The summed E-state index contributed by atoms with van der Waals surface area (Å²) in [6, 6.07) is 14.5. The van der Waals surface area contributed by atoms with Gasteiger partial charge in [-0.05, 0) is 47.7 Å². The van der Waals surface area contributed by atoms with Crippen LogP contribution in [0.2, 0.25) is 0 Å². The number of benzene rings is 2. The maximum atomic E-state index is 12.4. The third-order valence-electron chi connectivity index (χ3n) is 4.35. The Kier molecular flexibility index (Phi) is 6.44. The SMILES string of the molecule is CC(=O)N(CCNS(=O)(=O)c1cccc(C)c1)c1ccc(C(C)(C)C)cc1. The average molecular weight is 389 g/mol. The van der Waals surface area contributed by atoms with Crippen LogP contribution in [0.4, 0.5) is 5.69 Å². The van der Waals surface area contributed by atoms with Crippen molar-refractivity contribution >= 4 is 21.6 Å². The van der Waals surface area contributed by atoms with Gasteiger partial charge in [0, 0.05) is 25.7 Å². The smallest absolute Gasteiger partial charge is 0.240 e. The third-order valence-corrected chi connectivity index (χ3v) is 5.81. The quantitative estimate of drug-likeness (QED) is 0.822. The number of carbonyl (C=O) groups is 1. The van der Waals surface area contributed by atoms with Crippen molar-refractivity contribution in [2.75, 3.05) is 18.0 Å². The highest BCUT2D eigenvalue weighted by Gasteiger charge is 2.18. The van der Waals surface area contributed by atoms with E-state index >= 15 is 0 Å². The molecule has 5 nitrogen and oxygen atoms in total. The number of nitrogens with one attached hydrogen (secondary N) is 1. The molecule has 2 rings (SSSR count). The molecule has 0 saturated heterocycles. The zero-order valence-electron chi connectivity index (χ0n) is 16.6. The van der Waals surface area contributed by atoms with E-state index < -0.39 is 10.0 Å².